The van der Waals surface area contributed by atoms with E-state index in [2.05, 4.69) is 0 Å². The molecule has 0 radical (unpaired) electrons. The molecule has 5 nitrogen and oxygen atoms in total. The van der Waals surface area contributed by atoms with Crippen molar-refractivity contribution in [1.29, 1.82) is 0 Å². The van der Waals surface area contributed by atoms with Crippen molar-refractivity contribution < 1.29 is 19.8 Å². The molecule has 1 rings (SSSR count). The van der Waals surface area contributed by atoms with Crippen LogP contribution in [0.2, 0.25) is 0 Å². The summed E-state index contributed by atoms with van der Waals surface area (Å²) >= 11 is 0. The Morgan fingerprint density at radius 1 is 1.24 bits per heavy atom. The first-order valence-corrected chi connectivity index (χ1v) is 5.08. The van der Waals surface area contributed by atoms with E-state index in [9.17, 15) is 9.59 Å². The van der Waals surface area contributed by atoms with Gasteiger partial charge in [0.15, 0.2) is 0 Å². The van der Waals surface area contributed by atoms with Gasteiger partial charge in [-0.05, 0) is 19.4 Å². The van der Waals surface area contributed by atoms with Crippen LogP contribution in [-0.4, -0.2) is 27.7 Å². The molecule has 92 valence electrons. The van der Waals surface area contributed by atoms with Crippen LogP contribution in [0.1, 0.15) is 24.0 Å². The fourth-order valence-electron chi connectivity index (χ4n) is 1.63. The molecular weight excluding hydrogens is 222 g/mol. The number of carboxylic acids is 2. The van der Waals surface area contributed by atoms with Gasteiger partial charge in [0.1, 0.15) is 11.5 Å². The Bertz CT molecular complexity index is 436. The average molecular weight is 237 g/mol. The van der Waals surface area contributed by atoms with Crippen LogP contribution >= 0.6 is 0 Å². The Kier molecular flexibility index (Phi) is 3.53. The lowest BCUT2D eigenvalue weighted by Gasteiger charge is -2.27. The second-order valence-corrected chi connectivity index (χ2v) is 4.27. The van der Waals surface area contributed by atoms with Crippen LogP contribution in [0.15, 0.2) is 24.3 Å². The smallest absolute Gasteiger partial charge is 0.324 e. The van der Waals surface area contributed by atoms with Gasteiger partial charge in [0.2, 0.25) is 0 Å². The van der Waals surface area contributed by atoms with Crippen LogP contribution in [0.5, 0.6) is 0 Å². The first-order chi connectivity index (χ1) is 7.76. The van der Waals surface area contributed by atoms with Gasteiger partial charge in [-0.2, -0.15) is 0 Å². The van der Waals surface area contributed by atoms with E-state index in [0.717, 1.165) is 5.56 Å². The lowest BCUT2D eigenvalue weighted by Crippen LogP contribution is -2.52. The minimum absolute atomic E-state index is 0.385. The van der Waals surface area contributed by atoms with E-state index in [-0.39, 0.29) is 0 Å². The third-order valence-electron chi connectivity index (χ3n) is 2.72. The highest BCUT2D eigenvalue weighted by Gasteiger charge is 2.43. The number of aryl methyl sites for hydroxylation is 1. The zero-order valence-electron chi connectivity index (χ0n) is 9.68. The second-order valence-electron chi connectivity index (χ2n) is 4.27. The Balaban J connectivity index is 3.23. The van der Waals surface area contributed by atoms with Gasteiger partial charge in [-0.25, -0.2) is 0 Å². The summed E-state index contributed by atoms with van der Waals surface area (Å²) in [5.74, 6) is -3.87. The fraction of sp³-hybridized carbons (Fsp3) is 0.333. The number of rotatable bonds is 4. The largest absolute Gasteiger partial charge is 0.481 e. The number of aliphatic carboxylic acids is 2. The molecule has 0 bridgehead atoms. The molecule has 1 aromatic carbocycles. The maximum Gasteiger partial charge on any atom is 0.324 e. The summed E-state index contributed by atoms with van der Waals surface area (Å²) in [6, 6.07) is 6.62. The standard InChI is InChI=1S/C12H15NO4/c1-7-3-5-8(6-4-7)9(10(14)15)12(2,13)11(16)17/h3-6,9H,13H2,1-2H3,(H,14,15)(H,16,17). The van der Waals surface area contributed by atoms with Crippen LogP contribution in [0.4, 0.5) is 0 Å². The van der Waals surface area contributed by atoms with Gasteiger partial charge in [0.25, 0.3) is 0 Å². The van der Waals surface area contributed by atoms with Gasteiger partial charge < -0.3 is 15.9 Å². The molecule has 5 heteroatoms. The molecule has 0 aliphatic heterocycles. The highest BCUT2D eigenvalue weighted by molar-refractivity contribution is 5.90. The molecule has 4 N–H and O–H groups in total. The minimum Gasteiger partial charge on any atom is -0.481 e. The van der Waals surface area contributed by atoms with Crippen LogP contribution in [0.25, 0.3) is 0 Å². The quantitative estimate of drug-likeness (QED) is 0.724. The number of carboxylic acid groups (broad SMARTS) is 2. The predicted octanol–water partition coefficient (Wildman–Crippen LogP) is 0.965. The van der Waals surface area contributed by atoms with E-state index in [0.29, 0.717) is 5.56 Å². The van der Waals surface area contributed by atoms with E-state index >= 15 is 0 Å². The highest BCUT2D eigenvalue weighted by Crippen LogP contribution is 2.27. The molecule has 0 spiro atoms. The molecule has 0 saturated heterocycles. The van der Waals surface area contributed by atoms with Crippen molar-refractivity contribution in [3.05, 3.63) is 35.4 Å². The third kappa shape index (κ3) is 2.62. The van der Waals surface area contributed by atoms with Crippen molar-refractivity contribution in [2.24, 2.45) is 5.73 Å². The summed E-state index contributed by atoms with van der Waals surface area (Å²) in [5, 5.41) is 18.1. The lowest BCUT2D eigenvalue weighted by molar-refractivity contribution is -0.151. The Labute approximate surface area is 98.9 Å². The van der Waals surface area contributed by atoms with E-state index < -0.39 is 23.4 Å². The summed E-state index contributed by atoms with van der Waals surface area (Å²) in [4.78, 5) is 22.2. The molecule has 0 aliphatic rings. The van der Waals surface area contributed by atoms with Gasteiger partial charge >= 0.3 is 11.9 Å². The number of carbonyl (C=O) groups is 2. The van der Waals surface area contributed by atoms with Crippen LogP contribution in [-0.2, 0) is 9.59 Å². The van der Waals surface area contributed by atoms with Gasteiger partial charge in [0, 0.05) is 0 Å². The molecular formula is C12H15NO4. The Hall–Kier alpha value is -1.88. The van der Waals surface area contributed by atoms with Gasteiger partial charge in [0.05, 0.1) is 0 Å². The average Bonchev–Trinajstić information content (AvgIpc) is 2.20. The number of nitrogens with two attached hydrogens (primary N) is 1. The normalized spacial score (nSPS) is 15.9. The van der Waals surface area contributed by atoms with Gasteiger partial charge in [-0.3, -0.25) is 9.59 Å². The summed E-state index contributed by atoms with van der Waals surface area (Å²) in [7, 11) is 0. The Morgan fingerprint density at radius 2 is 1.71 bits per heavy atom. The van der Waals surface area contributed by atoms with Crippen molar-refractivity contribution in [2.45, 2.75) is 25.3 Å². The number of benzene rings is 1. The zero-order chi connectivity index (χ0) is 13.2. The highest BCUT2D eigenvalue weighted by atomic mass is 16.4. The summed E-state index contributed by atoms with van der Waals surface area (Å²) in [5.41, 5.74) is 5.10. The SMILES string of the molecule is Cc1ccc(C(C(=O)O)C(C)(N)C(=O)O)cc1. The second kappa shape index (κ2) is 4.55. The summed E-state index contributed by atoms with van der Waals surface area (Å²) in [6.45, 7) is 3.06. The topological polar surface area (TPSA) is 101 Å². The maximum atomic E-state index is 11.2. The van der Waals surface area contributed by atoms with Crippen molar-refractivity contribution in [3.8, 4) is 0 Å². The minimum atomic E-state index is -1.85. The molecule has 0 amide bonds. The van der Waals surface area contributed by atoms with E-state index in [1.165, 1.54) is 6.92 Å². The summed E-state index contributed by atoms with van der Waals surface area (Å²) in [6.07, 6.45) is 0. The van der Waals surface area contributed by atoms with Gasteiger partial charge in [-0.15, -0.1) is 0 Å². The molecule has 0 fully saturated rings. The molecule has 17 heavy (non-hydrogen) atoms. The number of hydrogen-bond acceptors (Lipinski definition) is 3. The molecule has 1 aromatic rings. The first-order valence-electron chi connectivity index (χ1n) is 5.08. The lowest BCUT2D eigenvalue weighted by atomic mass is 9.81. The predicted molar refractivity (Wildman–Crippen MR) is 61.8 cm³/mol. The molecule has 2 unspecified atom stereocenters. The van der Waals surface area contributed by atoms with E-state index in [1.54, 1.807) is 24.3 Å². The molecule has 2 atom stereocenters. The number of hydrogen-bond donors (Lipinski definition) is 3. The van der Waals surface area contributed by atoms with Crippen LogP contribution in [0.3, 0.4) is 0 Å². The van der Waals surface area contributed by atoms with Crippen molar-refractivity contribution in [2.75, 3.05) is 0 Å². The van der Waals surface area contributed by atoms with Gasteiger partial charge in [-0.1, -0.05) is 29.8 Å². The van der Waals surface area contributed by atoms with E-state index in [4.69, 9.17) is 15.9 Å². The van der Waals surface area contributed by atoms with E-state index in [1.807, 2.05) is 6.92 Å². The third-order valence-corrected chi connectivity index (χ3v) is 2.72. The van der Waals surface area contributed by atoms with Crippen LogP contribution in [0, 0.1) is 6.92 Å². The molecule has 0 aromatic heterocycles. The molecule has 0 heterocycles. The van der Waals surface area contributed by atoms with Crippen molar-refractivity contribution >= 4 is 11.9 Å². The first kappa shape index (κ1) is 13.2. The van der Waals surface area contributed by atoms with Crippen LogP contribution < -0.4 is 5.73 Å². The maximum absolute atomic E-state index is 11.2. The van der Waals surface area contributed by atoms with Crippen molar-refractivity contribution in [1.82, 2.24) is 0 Å². The fourth-order valence-corrected chi connectivity index (χ4v) is 1.63. The van der Waals surface area contributed by atoms with Crippen molar-refractivity contribution in [3.63, 3.8) is 0 Å². The monoisotopic (exact) mass is 237 g/mol. The molecule has 0 aliphatic carbocycles. The molecule has 0 saturated carbocycles. The zero-order valence-corrected chi connectivity index (χ0v) is 9.68. The summed E-state index contributed by atoms with van der Waals surface area (Å²) < 4.78 is 0. The Morgan fingerprint density at radius 3 is 2.06 bits per heavy atom.